The first kappa shape index (κ1) is 17.3. The van der Waals surface area contributed by atoms with Gasteiger partial charge in [0.1, 0.15) is 12.2 Å². The van der Waals surface area contributed by atoms with E-state index < -0.39 is 5.56 Å². The van der Waals surface area contributed by atoms with Crippen LogP contribution < -0.4 is 15.8 Å². The summed E-state index contributed by atoms with van der Waals surface area (Å²) in [5.74, 6) is -0.103. The molecule has 1 aliphatic carbocycles. The van der Waals surface area contributed by atoms with Gasteiger partial charge in [-0.25, -0.2) is 4.68 Å². The molecule has 9 heteroatoms. The molecule has 2 heterocycles. The van der Waals surface area contributed by atoms with Crippen LogP contribution in [-0.2, 0) is 16.1 Å². The predicted octanol–water partition coefficient (Wildman–Crippen LogP) is 2.25. The van der Waals surface area contributed by atoms with Crippen molar-refractivity contribution in [1.29, 1.82) is 0 Å². The molecule has 0 radical (unpaired) electrons. The molecule has 2 aliphatic rings. The highest BCUT2D eigenvalue weighted by atomic mass is 79.9. The molecule has 1 aliphatic heterocycles. The average Bonchev–Trinajstić information content (AvgIpc) is 3.44. The third kappa shape index (κ3) is 3.28. The molecule has 1 saturated carbocycles. The summed E-state index contributed by atoms with van der Waals surface area (Å²) in [7, 11) is 0. The Balaban J connectivity index is 1.60. The third-order valence-corrected chi connectivity index (χ3v) is 5.89. The minimum Gasteiger partial charge on any atom is -0.323 e. The number of amides is 2. The van der Waals surface area contributed by atoms with Gasteiger partial charge in [0, 0.05) is 10.5 Å². The van der Waals surface area contributed by atoms with Crippen molar-refractivity contribution in [1.82, 2.24) is 9.78 Å². The summed E-state index contributed by atoms with van der Waals surface area (Å²) in [6.45, 7) is -0.217. The topological polar surface area (TPSA) is 84.3 Å². The first-order valence-electron chi connectivity index (χ1n) is 8.14. The van der Waals surface area contributed by atoms with Gasteiger partial charge in [0.25, 0.3) is 5.56 Å². The van der Waals surface area contributed by atoms with Gasteiger partial charge in [-0.1, -0.05) is 12.1 Å². The van der Waals surface area contributed by atoms with Crippen LogP contribution in [0.2, 0.25) is 0 Å². The quantitative estimate of drug-likeness (QED) is 0.797. The molecule has 2 amide bonds. The lowest BCUT2D eigenvalue weighted by atomic mass is 10.3. The van der Waals surface area contributed by atoms with Crippen LogP contribution >= 0.6 is 27.7 Å². The van der Waals surface area contributed by atoms with Gasteiger partial charge in [0.15, 0.2) is 0 Å². The molecule has 0 atom stereocenters. The van der Waals surface area contributed by atoms with E-state index in [1.54, 1.807) is 23.2 Å². The SMILES string of the molecule is O=C(Cn1ncc2c(c1=O)N(C1CC1)C(=O)CS2)Nc1ccccc1Br. The number of halogens is 1. The Morgan fingerprint density at radius 1 is 1.31 bits per heavy atom. The Labute approximate surface area is 161 Å². The highest BCUT2D eigenvalue weighted by molar-refractivity contribution is 9.10. The number of para-hydroxylation sites is 1. The zero-order valence-corrected chi connectivity index (χ0v) is 16.0. The maximum Gasteiger partial charge on any atom is 0.292 e. The zero-order valence-electron chi connectivity index (χ0n) is 13.6. The Morgan fingerprint density at radius 2 is 2.08 bits per heavy atom. The highest BCUT2D eigenvalue weighted by Gasteiger charge is 2.39. The fourth-order valence-electron chi connectivity index (χ4n) is 2.84. The number of thioether (sulfide) groups is 1. The molecule has 1 N–H and O–H groups in total. The molecule has 7 nitrogen and oxygen atoms in total. The number of nitrogens with one attached hydrogen (secondary N) is 1. The van der Waals surface area contributed by atoms with Crippen molar-refractivity contribution in [2.45, 2.75) is 30.3 Å². The van der Waals surface area contributed by atoms with Gasteiger partial charge < -0.3 is 10.2 Å². The fourth-order valence-corrected chi connectivity index (χ4v) is 4.09. The molecule has 26 heavy (non-hydrogen) atoms. The van der Waals surface area contributed by atoms with Gasteiger partial charge in [0.05, 0.1) is 22.5 Å². The molecule has 4 rings (SSSR count). The van der Waals surface area contributed by atoms with E-state index in [1.165, 1.54) is 11.8 Å². The molecule has 0 unspecified atom stereocenters. The summed E-state index contributed by atoms with van der Waals surface area (Å²) in [6.07, 6.45) is 3.37. The van der Waals surface area contributed by atoms with Crippen LogP contribution in [0.25, 0.3) is 0 Å². The van der Waals surface area contributed by atoms with Crippen molar-refractivity contribution in [3.05, 3.63) is 45.3 Å². The second-order valence-electron chi connectivity index (χ2n) is 6.13. The summed E-state index contributed by atoms with van der Waals surface area (Å²) >= 11 is 4.68. The first-order valence-corrected chi connectivity index (χ1v) is 9.92. The molecule has 2 aromatic rings. The number of nitrogens with zero attached hydrogens (tertiary/aromatic N) is 3. The van der Waals surface area contributed by atoms with Gasteiger partial charge in [-0.15, -0.1) is 11.8 Å². The summed E-state index contributed by atoms with van der Waals surface area (Å²) in [6, 6.07) is 7.32. The van der Waals surface area contributed by atoms with Crippen molar-refractivity contribution < 1.29 is 9.59 Å². The van der Waals surface area contributed by atoms with Crippen LogP contribution in [0.5, 0.6) is 0 Å². The largest absolute Gasteiger partial charge is 0.323 e. The van der Waals surface area contributed by atoms with E-state index in [2.05, 4.69) is 26.3 Å². The maximum atomic E-state index is 12.9. The molecular weight excluding hydrogens is 420 g/mol. The number of hydrogen-bond donors (Lipinski definition) is 1. The number of aromatic nitrogens is 2. The molecule has 1 aromatic heterocycles. The van der Waals surface area contributed by atoms with E-state index in [9.17, 15) is 14.4 Å². The number of anilines is 2. The first-order chi connectivity index (χ1) is 12.5. The second kappa shape index (κ2) is 6.88. The van der Waals surface area contributed by atoms with Crippen LogP contribution in [0.1, 0.15) is 12.8 Å². The number of hydrogen-bond acceptors (Lipinski definition) is 5. The summed E-state index contributed by atoms with van der Waals surface area (Å²) in [5.41, 5.74) is 0.573. The normalized spacial score (nSPS) is 16.3. The van der Waals surface area contributed by atoms with E-state index in [4.69, 9.17) is 0 Å². The standard InChI is InChI=1S/C17H15BrN4O3S/c18-11-3-1-2-4-12(11)20-14(23)8-21-17(25)16-13(7-19-21)26-9-15(24)22(16)10-5-6-10/h1-4,7,10H,5-6,8-9H2,(H,20,23). The van der Waals surface area contributed by atoms with Crippen molar-refractivity contribution in [3.63, 3.8) is 0 Å². The van der Waals surface area contributed by atoms with Gasteiger partial charge in [0.2, 0.25) is 11.8 Å². The molecule has 134 valence electrons. The van der Waals surface area contributed by atoms with Crippen LogP contribution in [0.4, 0.5) is 11.4 Å². The van der Waals surface area contributed by atoms with Gasteiger partial charge in [-0.2, -0.15) is 5.10 Å². The Bertz CT molecular complexity index is 957. The monoisotopic (exact) mass is 434 g/mol. The number of carbonyl (C=O) groups is 2. The third-order valence-electron chi connectivity index (χ3n) is 4.20. The maximum absolute atomic E-state index is 12.9. The van der Waals surface area contributed by atoms with Crippen molar-refractivity contribution in [3.8, 4) is 0 Å². The number of carbonyl (C=O) groups excluding carboxylic acids is 2. The molecule has 0 spiro atoms. The second-order valence-corrected chi connectivity index (χ2v) is 8.00. The average molecular weight is 435 g/mol. The number of benzene rings is 1. The smallest absolute Gasteiger partial charge is 0.292 e. The van der Waals surface area contributed by atoms with Crippen LogP contribution in [0.3, 0.4) is 0 Å². The number of rotatable bonds is 4. The molecule has 0 saturated heterocycles. The highest BCUT2D eigenvalue weighted by Crippen LogP contribution is 2.38. The lowest BCUT2D eigenvalue weighted by Gasteiger charge is -2.28. The van der Waals surface area contributed by atoms with E-state index >= 15 is 0 Å². The summed E-state index contributed by atoms with van der Waals surface area (Å²) in [5, 5.41) is 6.86. The van der Waals surface area contributed by atoms with E-state index in [-0.39, 0.29) is 24.4 Å². The van der Waals surface area contributed by atoms with Crippen molar-refractivity contribution in [2.75, 3.05) is 16.0 Å². The minimum absolute atomic E-state index is 0.0579. The van der Waals surface area contributed by atoms with E-state index in [0.717, 1.165) is 22.0 Å². The summed E-state index contributed by atoms with van der Waals surface area (Å²) in [4.78, 5) is 39.7. The molecule has 0 bridgehead atoms. The Hall–Kier alpha value is -2.13. The van der Waals surface area contributed by atoms with Crippen LogP contribution in [-0.4, -0.2) is 33.4 Å². The fraction of sp³-hybridized carbons (Fsp3) is 0.294. The number of fused-ring (bicyclic) bond motifs is 1. The Morgan fingerprint density at radius 3 is 2.81 bits per heavy atom. The van der Waals surface area contributed by atoms with Crippen LogP contribution in [0, 0.1) is 0 Å². The van der Waals surface area contributed by atoms with E-state index in [1.807, 2.05) is 12.1 Å². The lowest BCUT2D eigenvalue weighted by molar-refractivity contribution is -0.117. The van der Waals surface area contributed by atoms with E-state index in [0.29, 0.717) is 22.0 Å². The van der Waals surface area contributed by atoms with Crippen LogP contribution in [0.15, 0.2) is 44.6 Å². The van der Waals surface area contributed by atoms with Gasteiger partial charge in [-0.3, -0.25) is 14.4 Å². The molecule has 1 fully saturated rings. The van der Waals surface area contributed by atoms with Gasteiger partial charge >= 0.3 is 0 Å². The minimum atomic E-state index is -0.405. The zero-order chi connectivity index (χ0) is 18.3. The van der Waals surface area contributed by atoms with Gasteiger partial charge in [-0.05, 0) is 40.9 Å². The lowest BCUT2D eigenvalue weighted by Crippen LogP contribution is -2.43. The van der Waals surface area contributed by atoms with Crippen molar-refractivity contribution >= 4 is 50.9 Å². The molecular formula is C17H15BrN4O3S. The Kier molecular flexibility index (Phi) is 4.58. The van der Waals surface area contributed by atoms with Crippen molar-refractivity contribution in [2.24, 2.45) is 0 Å². The summed E-state index contributed by atoms with van der Waals surface area (Å²) < 4.78 is 1.86. The molecule has 1 aromatic carbocycles. The predicted molar refractivity (Wildman–Crippen MR) is 103 cm³/mol.